The molecule has 0 aromatic heterocycles. The molecule has 2 aliphatic rings. The van der Waals surface area contributed by atoms with Gasteiger partial charge in [-0.3, -0.25) is 0 Å². The Morgan fingerprint density at radius 1 is 0.833 bits per heavy atom. The van der Waals surface area contributed by atoms with Gasteiger partial charge >= 0.3 is 0 Å². The Balaban J connectivity index is 2.16. The first kappa shape index (κ1) is 20.4. The van der Waals surface area contributed by atoms with Crippen molar-refractivity contribution in [2.45, 2.75) is 37.9 Å². The van der Waals surface area contributed by atoms with Gasteiger partial charge in [-0.2, -0.15) is 0 Å². The summed E-state index contributed by atoms with van der Waals surface area (Å²) in [6.45, 7) is 3.21. The molecule has 2 aromatic rings. The molecule has 1 heterocycles. The average molecular weight is 418 g/mol. The van der Waals surface area contributed by atoms with Gasteiger partial charge in [0.25, 0.3) is 0 Å². The summed E-state index contributed by atoms with van der Waals surface area (Å²) in [5.41, 5.74) is -0.554. The van der Waals surface area contributed by atoms with E-state index in [1.807, 2.05) is 0 Å². The minimum Gasteiger partial charge on any atom is -0.502 e. The van der Waals surface area contributed by atoms with Gasteiger partial charge < -0.3 is 39.0 Å². The molecular weight excluding hydrogens is 392 g/mol. The van der Waals surface area contributed by atoms with E-state index in [0.717, 1.165) is 0 Å². The lowest BCUT2D eigenvalue weighted by Gasteiger charge is -2.41. The van der Waals surface area contributed by atoms with Gasteiger partial charge in [0, 0.05) is 24.0 Å². The number of benzene rings is 2. The second-order valence-electron chi connectivity index (χ2n) is 8.07. The fourth-order valence-corrected chi connectivity index (χ4v) is 4.24. The molecular formula is C22H26O8. The van der Waals surface area contributed by atoms with Gasteiger partial charge in [-0.05, 0) is 37.1 Å². The van der Waals surface area contributed by atoms with Crippen molar-refractivity contribution < 1.29 is 39.0 Å². The molecule has 1 aliphatic heterocycles. The van der Waals surface area contributed by atoms with Crippen LogP contribution in [0.25, 0.3) is 11.1 Å². The van der Waals surface area contributed by atoms with Crippen molar-refractivity contribution >= 4 is 0 Å². The van der Waals surface area contributed by atoms with Crippen molar-refractivity contribution in [3.05, 3.63) is 23.3 Å². The number of methoxy groups -OCH3 is 3. The van der Waals surface area contributed by atoms with Gasteiger partial charge in [0.05, 0.1) is 32.5 Å². The molecule has 4 rings (SSSR count). The number of phenols is 1. The molecule has 1 aliphatic carbocycles. The van der Waals surface area contributed by atoms with Crippen molar-refractivity contribution in [2.24, 2.45) is 0 Å². The van der Waals surface area contributed by atoms with E-state index in [1.54, 1.807) is 26.0 Å². The number of phenolic OH excluding ortho intramolecular Hbond substituents is 1. The number of hydrogen-bond donors (Lipinski definition) is 3. The third kappa shape index (κ3) is 2.82. The third-order valence-corrected chi connectivity index (χ3v) is 6.11. The number of hydrogen-bond acceptors (Lipinski definition) is 8. The summed E-state index contributed by atoms with van der Waals surface area (Å²) < 4.78 is 27.8. The van der Waals surface area contributed by atoms with E-state index in [0.29, 0.717) is 39.5 Å². The van der Waals surface area contributed by atoms with Gasteiger partial charge in [-0.25, -0.2) is 0 Å². The summed E-state index contributed by atoms with van der Waals surface area (Å²) >= 11 is 0. The fourth-order valence-electron chi connectivity index (χ4n) is 4.24. The molecule has 8 heteroatoms. The van der Waals surface area contributed by atoms with E-state index in [9.17, 15) is 15.3 Å². The molecule has 2 atom stereocenters. The molecule has 0 spiro atoms. The Bertz CT molecular complexity index is 1000. The predicted octanol–water partition coefficient (Wildman–Crippen LogP) is 2.41. The van der Waals surface area contributed by atoms with Crippen LogP contribution in [0, 0.1) is 0 Å². The topological polar surface area (TPSA) is 107 Å². The van der Waals surface area contributed by atoms with Crippen molar-refractivity contribution in [2.75, 3.05) is 28.1 Å². The van der Waals surface area contributed by atoms with Crippen molar-refractivity contribution in [3.63, 3.8) is 0 Å². The van der Waals surface area contributed by atoms with E-state index in [-0.39, 0.29) is 36.9 Å². The first-order valence-electron chi connectivity index (χ1n) is 9.56. The van der Waals surface area contributed by atoms with Crippen LogP contribution < -0.4 is 23.7 Å². The minimum absolute atomic E-state index is 0.0422. The lowest BCUT2D eigenvalue weighted by Crippen LogP contribution is -2.53. The van der Waals surface area contributed by atoms with E-state index in [1.165, 1.54) is 21.3 Å². The maximum absolute atomic E-state index is 11.2. The normalized spacial score (nSPS) is 24.4. The molecule has 2 aromatic carbocycles. The molecule has 0 radical (unpaired) electrons. The summed E-state index contributed by atoms with van der Waals surface area (Å²) in [7, 11) is 4.39. The van der Waals surface area contributed by atoms with E-state index < -0.39 is 11.2 Å². The summed E-state index contributed by atoms with van der Waals surface area (Å²) in [4.78, 5) is 0. The van der Waals surface area contributed by atoms with Crippen molar-refractivity contribution in [3.8, 4) is 45.6 Å². The van der Waals surface area contributed by atoms with Gasteiger partial charge in [-0.1, -0.05) is 0 Å². The molecule has 8 nitrogen and oxygen atoms in total. The monoisotopic (exact) mass is 418 g/mol. The van der Waals surface area contributed by atoms with Gasteiger partial charge in [0.15, 0.2) is 23.0 Å². The van der Waals surface area contributed by atoms with Gasteiger partial charge in [-0.15, -0.1) is 0 Å². The standard InChI is InChI=1S/C22H26O8/c1-21(24)8-11-6-13(26-3)17(23)19(27-4)15(11)16-12(9-22(21,2)25)7-14-18(20(16)28-5)30-10-29-14/h6-7,23-25H,8-10H2,1-5H3/t21-,22+/m0/s1. The first-order chi connectivity index (χ1) is 14.1. The average Bonchev–Trinajstić information content (AvgIpc) is 3.14. The van der Waals surface area contributed by atoms with Crippen LogP contribution in [0.3, 0.4) is 0 Å². The molecule has 0 bridgehead atoms. The molecule has 0 saturated carbocycles. The van der Waals surface area contributed by atoms with Crippen molar-refractivity contribution in [1.82, 2.24) is 0 Å². The molecule has 0 fully saturated rings. The Labute approximate surface area is 174 Å². The quantitative estimate of drug-likeness (QED) is 0.698. The number of fused-ring (bicyclic) bond motifs is 4. The Kier molecular flexibility index (Phi) is 4.67. The molecule has 162 valence electrons. The van der Waals surface area contributed by atoms with Crippen LogP contribution in [-0.2, 0) is 12.8 Å². The fraction of sp³-hybridized carbons (Fsp3) is 0.455. The van der Waals surface area contributed by atoms with E-state index in [2.05, 4.69) is 0 Å². The SMILES string of the molecule is COc1cc2c(c(OC)c1O)-c1c(cc3c(c1OC)OCO3)C[C@@](C)(O)[C@@](C)(O)C2. The number of aromatic hydroxyl groups is 1. The number of ether oxygens (including phenoxy) is 5. The van der Waals surface area contributed by atoms with Crippen LogP contribution in [0.1, 0.15) is 25.0 Å². The number of rotatable bonds is 3. The zero-order valence-corrected chi connectivity index (χ0v) is 17.7. The molecule has 0 unspecified atom stereocenters. The molecule has 0 saturated heterocycles. The van der Waals surface area contributed by atoms with E-state index >= 15 is 0 Å². The summed E-state index contributed by atoms with van der Waals surface area (Å²) in [5, 5.41) is 33.2. The lowest BCUT2D eigenvalue weighted by molar-refractivity contribution is -0.129. The van der Waals surface area contributed by atoms with Crippen LogP contribution in [0.4, 0.5) is 0 Å². The highest BCUT2D eigenvalue weighted by Gasteiger charge is 2.46. The highest BCUT2D eigenvalue weighted by Crippen LogP contribution is 2.56. The van der Waals surface area contributed by atoms with E-state index in [4.69, 9.17) is 23.7 Å². The Hall–Kier alpha value is -2.84. The zero-order valence-electron chi connectivity index (χ0n) is 17.7. The lowest BCUT2D eigenvalue weighted by atomic mass is 9.72. The van der Waals surface area contributed by atoms with Crippen LogP contribution >= 0.6 is 0 Å². The Morgan fingerprint density at radius 3 is 1.97 bits per heavy atom. The maximum Gasteiger partial charge on any atom is 0.231 e. The summed E-state index contributed by atoms with van der Waals surface area (Å²) in [6, 6.07) is 3.40. The molecule has 0 amide bonds. The zero-order chi connectivity index (χ0) is 21.8. The van der Waals surface area contributed by atoms with Crippen LogP contribution in [0.2, 0.25) is 0 Å². The highest BCUT2D eigenvalue weighted by atomic mass is 16.7. The largest absolute Gasteiger partial charge is 0.502 e. The first-order valence-corrected chi connectivity index (χ1v) is 9.56. The molecule has 3 N–H and O–H groups in total. The maximum atomic E-state index is 11.2. The van der Waals surface area contributed by atoms with Crippen LogP contribution in [0.5, 0.6) is 34.5 Å². The highest BCUT2D eigenvalue weighted by molar-refractivity contribution is 5.88. The smallest absolute Gasteiger partial charge is 0.231 e. The molecule has 30 heavy (non-hydrogen) atoms. The predicted molar refractivity (Wildman–Crippen MR) is 108 cm³/mol. The van der Waals surface area contributed by atoms with Gasteiger partial charge in [0.2, 0.25) is 18.3 Å². The van der Waals surface area contributed by atoms with Crippen LogP contribution in [0.15, 0.2) is 12.1 Å². The summed E-state index contributed by atoms with van der Waals surface area (Å²) in [6.07, 6.45) is 0.192. The van der Waals surface area contributed by atoms with Crippen molar-refractivity contribution in [1.29, 1.82) is 0 Å². The third-order valence-electron chi connectivity index (χ3n) is 6.11. The van der Waals surface area contributed by atoms with Crippen LogP contribution in [-0.4, -0.2) is 54.6 Å². The second-order valence-corrected chi connectivity index (χ2v) is 8.07. The minimum atomic E-state index is -1.49. The number of aliphatic hydroxyl groups is 2. The van der Waals surface area contributed by atoms with Gasteiger partial charge in [0.1, 0.15) is 0 Å². The Morgan fingerprint density at radius 2 is 1.40 bits per heavy atom. The summed E-state index contributed by atoms with van der Waals surface area (Å²) in [5.74, 6) is 1.53. The second kappa shape index (κ2) is 6.85.